The number of halogens is 2. The summed E-state index contributed by atoms with van der Waals surface area (Å²) in [7, 11) is 0. The molecule has 2 aromatic carbocycles. The van der Waals surface area contributed by atoms with Gasteiger partial charge in [-0.15, -0.1) is 10.2 Å². The van der Waals surface area contributed by atoms with E-state index in [2.05, 4.69) is 10.2 Å². The normalized spacial score (nSPS) is 10.8. The average Bonchev–Trinajstić information content (AvgIpc) is 2.43. The van der Waals surface area contributed by atoms with Crippen molar-refractivity contribution in [3.8, 4) is 11.3 Å². The van der Waals surface area contributed by atoms with Gasteiger partial charge in [0.25, 0.3) is 0 Å². The molecule has 19 heavy (non-hydrogen) atoms. The summed E-state index contributed by atoms with van der Waals surface area (Å²) in [6.07, 6.45) is 0. The van der Waals surface area contributed by atoms with Crippen molar-refractivity contribution in [1.82, 2.24) is 10.2 Å². The van der Waals surface area contributed by atoms with E-state index in [1.165, 1.54) is 0 Å². The van der Waals surface area contributed by atoms with E-state index in [1.54, 1.807) is 12.1 Å². The summed E-state index contributed by atoms with van der Waals surface area (Å²) in [6.45, 7) is 0. The number of nitrogens with two attached hydrogens (primary N) is 1. The summed E-state index contributed by atoms with van der Waals surface area (Å²) in [5.74, 6) is 0.416. The summed E-state index contributed by atoms with van der Waals surface area (Å²) in [5.41, 5.74) is 7.43. The predicted octanol–water partition coefficient (Wildman–Crippen LogP) is 4.19. The van der Waals surface area contributed by atoms with Gasteiger partial charge in [0.1, 0.15) is 5.69 Å². The Bertz CT molecular complexity index is 772. The maximum atomic E-state index is 6.04. The summed E-state index contributed by atoms with van der Waals surface area (Å²) in [5, 5.41) is 11.0. The van der Waals surface area contributed by atoms with Crippen molar-refractivity contribution < 1.29 is 0 Å². The Morgan fingerprint density at radius 2 is 1.58 bits per heavy atom. The molecule has 0 atom stereocenters. The van der Waals surface area contributed by atoms with Crippen LogP contribution in [0.5, 0.6) is 0 Å². The number of fused-ring (bicyclic) bond motifs is 1. The molecule has 0 aliphatic rings. The lowest BCUT2D eigenvalue weighted by molar-refractivity contribution is 1.07. The standard InChI is InChI=1S/C14H9Cl2N3/c15-11-6-5-8(7-12(11)16)13-9-3-1-2-4-10(9)14(17)19-18-13/h1-7H,(H2,17,19). The first kappa shape index (κ1) is 12.2. The summed E-state index contributed by atoms with van der Waals surface area (Å²) in [4.78, 5) is 0. The Labute approximate surface area is 120 Å². The summed E-state index contributed by atoms with van der Waals surface area (Å²) < 4.78 is 0. The maximum absolute atomic E-state index is 6.04. The fraction of sp³-hybridized carbons (Fsp3) is 0. The third-order valence-corrected chi connectivity index (χ3v) is 3.65. The van der Waals surface area contributed by atoms with Crippen LogP contribution in [0.2, 0.25) is 10.0 Å². The van der Waals surface area contributed by atoms with Crippen LogP contribution in [0, 0.1) is 0 Å². The molecule has 3 nitrogen and oxygen atoms in total. The Morgan fingerprint density at radius 1 is 0.842 bits per heavy atom. The zero-order valence-electron chi connectivity index (χ0n) is 9.77. The second-order valence-electron chi connectivity index (χ2n) is 4.11. The third-order valence-electron chi connectivity index (χ3n) is 2.91. The lowest BCUT2D eigenvalue weighted by Crippen LogP contribution is -1.97. The molecule has 0 unspecified atom stereocenters. The van der Waals surface area contributed by atoms with Gasteiger partial charge in [0.05, 0.1) is 10.0 Å². The summed E-state index contributed by atoms with van der Waals surface area (Å²) >= 11 is 12.0. The van der Waals surface area contributed by atoms with Crippen LogP contribution in [-0.2, 0) is 0 Å². The minimum absolute atomic E-state index is 0.416. The molecule has 0 amide bonds. The largest absolute Gasteiger partial charge is 0.382 e. The second-order valence-corrected chi connectivity index (χ2v) is 4.92. The molecule has 0 spiro atoms. The molecule has 5 heteroatoms. The monoisotopic (exact) mass is 289 g/mol. The highest BCUT2D eigenvalue weighted by atomic mass is 35.5. The van der Waals surface area contributed by atoms with Crippen LogP contribution in [0.25, 0.3) is 22.0 Å². The van der Waals surface area contributed by atoms with Crippen LogP contribution in [0.3, 0.4) is 0 Å². The molecule has 0 bridgehead atoms. The van der Waals surface area contributed by atoms with Crippen molar-refractivity contribution in [2.45, 2.75) is 0 Å². The second kappa shape index (κ2) is 4.68. The van der Waals surface area contributed by atoms with E-state index in [0.29, 0.717) is 15.9 Å². The van der Waals surface area contributed by atoms with E-state index in [0.717, 1.165) is 22.0 Å². The van der Waals surface area contributed by atoms with Crippen LogP contribution in [0.4, 0.5) is 5.82 Å². The van der Waals surface area contributed by atoms with E-state index in [-0.39, 0.29) is 0 Å². The highest BCUT2D eigenvalue weighted by Gasteiger charge is 2.10. The van der Waals surface area contributed by atoms with Gasteiger partial charge < -0.3 is 5.73 Å². The van der Waals surface area contributed by atoms with Gasteiger partial charge in [-0.2, -0.15) is 0 Å². The molecule has 94 valence electrons. The Morgan fingerprint density at radius 3 is 2.32 bits per heavy atom. The van der Waals surface area contributed by atoms with Crippen LogP contribution < -0.4 is 5.73 Å². The molecule has 0 fully saturated rings. The van der Waals surface area contributed by atoms with Gasteiger partial charge in [0.2, 0.25) is 0 Å². The first-order chi connectivity index (χ1) is 9.16. The van der Waals surface area contributed by atoms with Crippen LogP contribution in [-0.4, -0.2) is 10.2 Å². The first-order valence-electron chi connectivity index (χ1n) is 5.63. The van der Waals surface area contributed by atoms with E-state index >= 15 is 0 Å². The van der Waals surface area contributed by atoms with Crippen molar-refractivity contribution in [3.63, 3.8) is 0 Å². The molecule has 0 saturated heterocycles. The molecular weight excluding hydrogens is 281 g/mol. The van der Waals surface area contributed by atoms with Crippen LogP contribution >= 0.6 is 23.2 Å². The number of aromatic nitrogens is 2. The first-order valence-corrected chi connectivity index (χ1v) is 6.39. The average molecular weight is 290 g/mol. The minimum Gasteiger partial charge on any atom is -0.382 e. The number of nitrogens with zero attached hydrogens (tertiary/aromatic N) is 2. The molecule has 0 saturated carbocycles. The highest BCUT2D eigenvalue weighted by Crippen LogP contribution is 2.32. The quantitative estimate of drug-likeness (QED) is 0.731. The minimum atomic E-state index is 0.416. The van der Waals surface area contributed by atoms with Gasteiger partial charge in [0, 0.05) is 16.3 Å². The van der Waals surface area contributed by atoms with Crippen molar-refractivity contribution >= 4 is 39.8 Å². The molecule has 1 aromatic heterocycles. The summed E-state index contributed by atoms with van der Waals surface area (Å²) in [6, 6.07) is 13.1. The molecule has 0 aliphatic heterocycles. The number of rotatable bonds is 1. The zero-order chi connectivity index (χ0) is 13.4. The third kappa shape index (κ3) is 2.11. The van der Waals surface area contributed by atoms with Gasteiger partial charge in [-0.25, -0.2) is 0 Å². The van der Waals surface area contributed by atoms with Crippen molar-refractivity contribution in [1.29, 1.82) is 0 Å². The molecular formula is C14H9Cl2N3. The van der Waals surface area contributed by atoms with Gasteiger partial charge in [-0.05, 0) is 12.1 Å². The van der Waals surface area contributed by atoms with Crippen LogP contribution in [0.1, 0.15) is 0 Å². The van der Waals surface area contributed by atoms with Gasteiger partial charge in [-0.3, -0.25) is 0 Å². The van der Waals surface area contributed by atoms with Gasteiger partial charge in [-0.1, -0.05) is 53.5 Å². The van der Waals surface area contributed by atoms with E-state index in [9.17, 15) is 0 Å². The lowest BCUT2D eigenvalue weighted by Gasteiger charge is -2.07. The van der Waals surface area contributed by atoms with Crippen molar-refractivity contribution in [3.05, 3.63) is 52.5 Å². The SMILES string of the molecule is Nc1nnc(-c2ccc(Cl)c(Cl)c2)c2ccccc12. The molecule has 3 rings (SSSR count). The fourth-order valence-corrected chi connectivity index (χ4v) is 2.28. The Kier molecular flexibility index (Phi) is 3.01. The van der Waals surface area contributed by atoms with Crippen molar-refractivity contribution in [2.24, 2.45) is 0 Å². The van der Waals surface area contributed by atoms with E-state index in [4.69, 9.17) is 28.9 Å². The Hall–Kier alpha value is -1.84. The maximum Gasteiger partial charge on any atom is 0.154 e. The smallest absolute Gasteiger partial charge is 0.154 e. The topological polar surface area (TPSA) is 51.8 Å². The highest BCUT2D eigenvalue weighted by molar-refractivity contribution is 6.42. The van der Waals surface area contributed by atoms with E-state index in [1.807, 2.05) is 30.3 Å². The number of anilines is 1. The molecule has 2 N–H and O–H groups in total. The lowest BCUT2D eigenvalue weighted by atomic mass is 10.0. The predicted molar refractivity (Wildman–Crippen MR) is 79.4 cm³/mol. The van der Waals surface area contributed by atoms with Crippen LogP contribution in [0.15, 0.2) is 42.5 Å². The van der Waals surface area contributed by atoms with Gasteiger partial charge in [0.15, 0.2) is 5.82 Å². The molecule has 3 aromatic rings. The fourth-order valence-electron chi connectivity index (χ4n) is 1.98. The molecule has 0 aliphatic carbocycles. The molecule has 0 radical (unpaired) electrons. The number of hydrogen-bond acceptors (Lipinski definition) is 3. The number of benzene rings is 2. The van der Waals surface area contributed by atoms with E-state index < -0.39 is 0 Å². The Balaban J connectivity index is 2.31. The molecule has 1 heterocycles. The van der Waals surface area contributed by atoms with Crippen molar-refractivity contribution in [2.75, 3.05) is 5.73 Å². The zero-order valence-corrected chi connectivity index (χ0v) is 11.3. The van der Waals surface area contributed by atoms with Gasteiger partial charge >= 0.3 is 0 Å². The number of nitrogen functional groups attached to an aromatic ring is 1. The number of hydrogen-bond donors (Lipinski definition) is 1.